The standard InChI is InChI=1S/C12H13BrN2O2S/c1-2-7-15-11(16)10(18-12(15)17)14-9-5-3-8(13)4-6-9/h3-6,10,14H,2,7H2,1H3. The van der Waals surface area contributed by atoms with Gasteiger partial charge >= 0.3 is 0 Å². The van der Waals surface area contributed by atoms with E-state index in [2.05, 4.69) is 21.2 Å². The average molecular weight is 329 g/mol. The van der Waals surface area contributed by atoms with Crippen LogP contribution in [0.5, 0.6) is 0 Å². The molecule has 0 aliphatic carbocycles. The van der Waals surface area contributed by atoms with Gasteiger partial charge in [0.1, 0.15) is 0 Å². The van der Waals surface area contributed by atoms with Gasteiger partial charge in [-0.2, -0.15) is 0 Å². The Hall–Kier alpha value is -1.01. The number of rotatable bonds is 4. The number of imide groups is 1. The molecule has 2 amide bonds. The van der Waals surface area contributed by atoms with Crippen molar-refractivity contribution in [2.75, 3.05) is 11.9 Å². The van der Waals surface area contributed by atoms with Crippen LogP contribution in [0.25, 0.3) is 0 Å². The van der Waals surface area contributed by atoms with Gasteiger partial charge in [-0.25, -0.2) is 0 Å². The van der Waals surface area contributed by atoms with E-state index in [9.17, 15) is 9.59 Å². The van der Waals surface area contributed by atoms with E-state index in [0.717, 1.165) is 28.3 Å². The van der Waals surface area contributed by atoms with E-state index in [1.165, 1.54) is 4.90 Å². The summed E-state index contributed by atoms with van der Waals surface area (Å²) in [6.07, 6.45) is 0.781. The van der Waals surface area contributed by atoms with Crippen LogP contribution in [0.4, 0.5) is 10.5 Å². The summed E-state index contributed by atoms with van der Waals surface area (Å²) in [5.74, 6) is -0.158. The summed E-state index contributed by atoms with van der Waals surface area (Å²) < 4.78 is 0.974. The smallest absolute Gasteiger partial charge is 0.290 e. The molecule has 1 unspecified atom stereocenters. The number of nitrogens with zero attached hydrogens (tertiary/aromatic N) is 1. The topological polar surface area (TPSA) is 49.4 Å². The quantitative estimate of drug-likeness (QED) is 0.921. The third-order valence-corrected chi connectivity index (χ3v) is 4.02. The van der Waals surface area contributed by atoms with Crippen LogP contribution < -0.4 is 5.32 Å². The molecule has 4 nitrogen and oxygen atoms in total. The molecule has 0 saturated carbocycles. The Morgan fingerprint density at radius 1 is 1.33 bits per heavy atom. The van der Waals surface area contributed by atoms with Gasteiger partial charge in [-0.1, -0.05) is 22.9 Å². The first-order valence-electron chi connectivity index (χ1n) is 5.66. The van der Waals surface area contributed by atoms with Crippen molar-refractivity contribution in [1.82, 2.24) is 4.90 Å². The molecule has 1 N–H and O–H groups in total. The van der Waals surface area contributed by atoms with Crippen molar-refractivity contribution in [1.29, 1.82) is 0 Å². The number of anilines is 1. The van der Waals surface area contributed by atoms with Gasteiger partial charge < -0.3 is 5.32 Å². The first kappa shape index (κ1) is 13.4. The van der Waals surface area contributed by atoms with E-state index >= 15 is 0 Å². The number of hydrogen-bond acceptors (Lipinski definition) is 4. The lowest BCUT2D eigenvalue weighted by Gasteiger charge is -2.13. The number of thioether (sulfide) groups is 1. The fraction of sp³-hybridized carbons (Fsp3) is 0.333. The molecule has 1 heterocycles. The Morgan fingerprint density at radius 3 is 2.61 bits per heavy atom. The van der Waals surface area contributed by atoms with Crippen molar-refractivity contribution < 1.29 is 9.59 Å². The number of halogens is 1. The predicted molar refractivity (Wildman–Crippen MR) is 76.5 cm³/mol. The summed E-state index contributed by atoms with van der Waals surface area (Å²) in [4.78, 5) is 24.9. The fourth-order valence-corrected chi connectivity index (χ4v) is 2.86. The molecule has 0 spiro atoms. The normalized spacial score (nSPS) is 19.4. The number of hydrogen-bond donors (Lipinski definition) is 1. The Kier molecular flexibility index (Phi) is 4.29. The predicted octanol–water partition coefficient (Wildman–Crippen LogP) is 3.29. The lowest BCUT2D eigenvalue weighted by atomic mass is 10.3. The molecule has 1 atom stereocenters. The van der Waals surface area contributed by atoms with Crippen molar-refractivity contribution in [3.8, 4) is 0 Å². The van der Waals surface area contributed by atoms with Gasteiger partial charge in [-0.05, 0) is 42.4 Å². The van der Waals surface area contributed by atoms with E-state index in [1.807, 2.05) is 31.2 Å². The van der Waals surface area contributed by atoms with Crippen LogP contribution in [-0.2, 0) is 4.79 Å². The zero-order valence-electron chi connectivity index (χ0n) is 9.85. The van der Waals surface area contributed by atoms with Gasteiger partial charge in [-0.3, -0.25) is 14.5 Å². The second-order valence-electron chi connectivity index (χ2n) is 3.90. The van der Waals surface area contributed by atoms with Crippen LogP contribution in [0, 0.1) is 0 Å². The van der Waals surface area contributed by atoms with E-state index < -0.39 is 5.37 Å². The monoisotopic (exact) mass is 328 g/mol. The average Bonchev–Trinajstić information content (AvgIpc) is 2.60. The Balaban J connectivity index is 2.05. The fourth-order valence-electron chi connectivity index (χ4n) is 1.66. The van der Waals surface area contributed by atoms with Crippen molar-refractivity contribution in [3.05, 3.63) is 28.7 Å². The Bertz CT molecular complexity index is 464. The molecular formula is C12H13BrN2O2S. The van der Waals surface area contributed by atoms with Crippen molar-refractivity contribution >= 4 is 44.5 Å². The molecule has 2 rings (SSSR count). The van der Waals surface area contributed by atoms with E-state index in [-0.39, 0.29) is 11.1 Å². The minimum Gasteiger partial charge on any atom is -0.365 e. The maximum absolute atomic E-state index is 12.0. The molecule has 0 aromatic heterocycles. The molecule has 1 aromatic rings. The largest absolute Gasteiger partial charge is 0.365 e. The van der Waals surface area contributed by atoms with Crippen LogP contribution in [0.15, 0.2) is 28.7 Å². The third-order valence-electron chi connectivity index (χ3n) is 2.52. The molecular weight excluding hydrogens is 316 g/mol. The maximum atomic E-state index is 12.0. The SMILES string of the molecule is CCCN1C(=O)SC(Nc2ccc(Br)cc2)C1=O. The van der Waals surface area contributed by atoms with Crippen LogP contribution in [0.3, 0.4) is 0 Å². The zero-order chi connectivity index (χ0) is 13.1. The van der Waals surface area contributed by atoms with Crippen molar-refractivity contribution in [2.45, 2.75) is 18.7 Å². The van der Waals surface area contributed by atoms with E-state index in [4.69, 9.17) is 0 Å². The van der Waals surface area contributed by atoms with Crippen molar-refractivity contribution in [3.63, 3.8) is 0 Å². The molecule has 18 heavy (non-hydrogen) atoms. The van der Waals surface area contributed by atoms with Gasteiger partial charge in [-0.15, -0.1) is 0 Å². The minimum absolute atomic E-state index is 0.158. The molecule has 0 bridgehead atoms. The van der Waals surface area contributed by atoms with Crippen LogP contribution >= 0.6 is 27.7 Å². The molecule has 1 aliphatic rings. The van der Waals surface area contributed by atoms with Crippen LogP contribution in [-0.4, -0.2) is 28.0 Å². The first-order chi connectivity index (χ1) is 8.61. The summed E-state index contributed by atoms with van der Waals surface area (Å²) in [5, 5.41) is 2.39. The number of nitrogens with one attached hydrogen (secondary N) is 1. The second-order valence-corrected chi connectivity index (χ2v) is 5.88. The van der Waals surface area contributed by atoms with Gasteiger partial charge in [0, 0.05) is 16.7 Å². The number of benzene rings is 1. The van der Waals surface area contributed by atoms with Gasteiger partial charge in [0.2, 0.25) is 0 Å². The summed E-state index contributed by atoms with van der Waals surface area (Å²) in [6, 6.07) is 7.51. The zero-order valence-corrected chi connectivity index (χ0v) is 12.3. The highest BCUT2D eigenvalue weighted by atomic mass is 79.9. The lowest BCUT2D eigenvalue weighted by Crippen LogP contribution is -2.34. The van der Waals surface area contributed by atoms with Crippen LogP contribution in [0.1, 0.15) is 13.3 Å². The van der Waals surface area contributed by atoms with E-state index in [0.29, 0.717) is 6.54 Å². The van der Waals surface area contributed by atoms with Crippen molar-refractivity contribution in [2.24, 2.45) is 0 Å². The van der Waals surface area contributed by atoms with Gasteiger partial charge in [0.25, 0.3) is 11.1 Å². The molecule has 1 aliphatic heterocycles. The highest BCUT2D eigenvalue weighted by Crippen LogP contribution is 2.28. The first-order valence-corrected chi connectivity index (χ1v) is 7.33. The molecule has 1 saturated heterocycles. The summed E-state index contributed by atoms with van der Waals surface area (Å²) in [5.41, 5.74) is 0.829. The Morgan fingerprint density at radius 2 is 2.00 bits per heavy atom. The highest BCUT2D eigenvalue weighted by molar-refractivity contribution is 9.10. The molecule has 1 aromatic carbocycles. The van der Waals surface area contributed by atoms with Gasteiger partial charge in [0.15, 0.2) is 5.37 Å². The third kappa shape index (κ3) is 2.87. The van der Waals surface area contributed by atoms with Gasteiger partial charge in [0.05, 0.1) is 0 Å². The lowest BCUT2D eigenvalue weighted by molar-refractivity contribution is -0.126. The Labute approximate surface area is 118 Å². The minimum atomic E-state index is -0.509. The molecule has 96 valence electrons. The maximum Gasteiger partial charge on any atom is 0.290 e. The highest BCUT2D eigenvalue weighted by Gasteiger charge is 2.38. The number of carbonyl (C=O) groups excluding carboxylic acids is 2. The summed E-state index contributed by atoms with van der Waals surface area (Å²) in [6.45, 7) is 2.43. The molecule has 6 heteroatoms. The second kappa shape index (κ2) is 5.75. The van der Waals surface area contributed by atoms with E-state index in [1.54, 1.807) is 0 Å². The number of carbonyl (C=O) groups is 2. The number of amides is 2. The van der Waals surface area contributed by atoms with Crippen LogP contribution in [0.2, 0.25) is 0 Å². The summed E-state index contributed by atoms with van der Waals surface area (Å²) in [7, 11) is 0. The molecule has 1 fully saturated rings. The summed E-state index contributed by atoms with van der Waals surface area (Å²) >= 11 is 4.38. The molecule has 0 radical (unpaired) electrons.